The molecule has 208 valence electrons. The number of carbonyl (C=O) groups excluding carboxylic acids is 4. The molecule has 3 aliphatic carbocycles. The van der Waals surface area contributed by atoms with E-state index in [1.54, 1.807) is 24.3 Å². The number of phenols is 1. The minimum Gasteiger partial charge on any atom is -0.508 e. The van der Waals surface area contributed by atoms with E-state index in [0.29, 0.717) is 36.5 Å². The molecule has 2 fully saturated rings. The summed E-state index contributed by atoms with van der Waals surface area (Å²) < 4.78 is 5.64. The first-order chi connectivity index (χ1) is 19.8. The van der Waals surface area contributed by atoms with Crippen LogP contribution in [0.15, 0.2) is 81.9 Å². The molecule has 5 aliphatic rings. The molecule has 2 aromatic rings. The number of benzene rings is 2. The summed E-state index contributed by atoms with van der Waals surface area (Å²) in [5.74, 6) is -3.05. The molecule has 2 amide bonds. The SMILES string of the molecule is O=C1C=C(Br)C(=O)C2=C1[C@@H](c1ccc(O)cc1)C1=CC[C@@H]3C(=O)N(c4ccc(N5CCOCC5)cc4)C(=O)[C@@H]3[C@@H]1C2. The Morgan fingerprint density at radius 1 is 0.854 bits per heavy atom. The fraction of sp³-hybridized carbons (Fsp3) is 0.312. The Balaban J connectivity index is 1.26. The lowest BCUT2D eigenvalue weighted by Crippen LogP contribution is -2.39. The van der Waals surface area contributed by atoms with Crippen molar-refractivity contribution in [3.05, 3.63) is 87.4 Å². The normalized spacial score (nSPS) is 27.8. The standard InChI is InChI=1S/C32H27BrN2O6/c33-25-16-26(37)29-24(30(25)38)15-23-21(27(29)17-1-7-20(36)8-2-17)9-10-22-28(23)32(40)35(31(22)39)19-5-3-18(4-6-19)34-11-13-41-14-12-34/h1-9,16,22-23,27-28,36H,10-15H2/t22-,23+,27-,28-/m0/s1. The van der Waals surface area contributed by atoms with Crippen molar-refractivity contribution in [3.8, 4) is 5.75 Å². The summed E-state index contributed by atoms with van der Waals surface area (Å²) in [6, 6.07) is 14.1. The number of morpholine rings is 1. The quantitative estimate of drug-likeness (QED) is 0.314. The van der Waals surface area contributed by atoms with Gasteiger partial charge in [-0.05, 0) is 76.7 Å². The number of ether oxygens (including phenoxy) is 1. The molecule has 4 atom stereocenters. The van der Waals surface area contributed by atoms with Gasteiger partial charge in [-0.1, -0.05) is 23.8 Å². The van der Waals surface area contributed by atoms with Gasteiger partial charge in [-0.2, -0.15) is 0 Å². The molecule has 2 heterocycles. The van der Waals surface area contributed by atoms with Gasteiger partial charge in [0.15, 0.2) is 11.6 Å². The maximum absolute atomic E-state index is 14.1. The predicted octanol–water partition coefficient (Wildman–Crippen LogP) is 4.20. The summed E-state index contributed by atoms with van der Waals surface area (Å²) >= 11 is 3.25. The summed E-state index contributed by atoms with van der Waals surface area (Å²) in [6.45, 7) is 2.89. The van der Waals surface area contributed by atoms with Crippen LogP contribution >= 0.6 is 15.9 Å². The molecule has 9 heteroatoms. The third-order valence-electron chi connectivity index (χ3n) is 9.04. The molecule has 2 aliphatic heterocycles. The van der Waals surface area contributed by atoms with Crippen molar-refractivity contribution in [3.63, 3.8) is 0 Å². The number of halogens is 1. The highest BCUT2D eigenvalue weighted by atomic mass is 79.9. The van der Waals surface area contributed by atoms with Gasteiger partial charge in [0, 0.05) is 41.9 Å². The first-order valence-electron chi connectivity index (χ1n) is 13.8. The molecule has 0 unspecified atom stereocenters. The number of aromatic hydroxyl groups is 1. The molecule has 0 saturated carbocycles. The maximum Gasteiger partial charge on any atom is 0.238 e. The lowest BCUT2D eigenvalue weighted by molar-refractivity contribution is -0.123. The molecule has 7 rings (SSSR count). The van der Waals surface area contributed by atoms with Crippen molar-refractivity contribution in [2.45, 2.75) is 18.8 Å². The zero-order valence-corrected chi connectivity index (χ0v) is 23.7. The topological polar surface area (TPSA) is 104 Å². The van der Waals surface area contributed by atoms with Gasteiger partial charge in [-0.25, -0.2) is 0 Å². The zero-order valence-electron chi connectivity index (χ0n) is 22.1. The van der Waals surface area contributed by atoms with Crippen molar-refractivity contribution in [1.82, 2.24) is 0 Å². The van der Waals surface area contributed by atoms with E-state index >= 15 is 0 Å². The minimum absolute atomic E-state index is 0.0912. The van der Waals surface area contributed by atoms with Crippen molar-refractivity contribution in [1.29, 1.82) is 0 Å². The molecule has 41 heavy (non-hydrogen) atoms. The number of imide groups is 1. The Hall–Kier alpha value is -3.82. The third-order valence-corrected chi connectivity index (χ3v) is 9.63. The Morgan fingerprint density at radius 3 is 2.24 bits per heavy atom. The number of rotatable bonds is 3. The van der Waals surface area contributed by atoms with Crippen molar-refractivity contribution in [2.24, 2.45) is 17.8 Å². The predicted molar refractivity (Wildman–Crippen MR) is 155 cm³/mol. The van der Waals surface area contributed by atoms with Crippen LogP contribution in [0.25, 0.3) is 0 Å². The van der Waals surface area contributed by atoms with Gasteiger partial charge >= 0.3 is 0 Å². The molecule has 0 bridgehead atoms. The van der Waals surface area contributed by atoms with Crippen LogP contribution in [0.4, 0.5) is 11.4 Å². The second-order valence-electron chi connectivity index (χ2n) is 11.1. The van der Waals surface area contributed by atoms with Gasteiger partial charge in [0.2, 0.25) is 11.8 Å². The molecule has 0 aromatic heterocycles. The number of phenolic OH excluding ortho intramolecular Hbond substituents is 1. The Morgan fingerprint density at radius 2 is 1.54 bits per heavy atom. The van der Waals surface area contributed by atoms with E-state index in [0.717, 1.165) is 29.9 Å². The Kier molecular flexibility index (Phi) is 6.32. The van der Waals surface area contributed by atoms with Crippen LogP contribution in [0.2, 0.25) is 0 Å². The highest BCUT2D eigenvalue weighted by Gasteiger charge is 2.56. The number of carbonyl (C=O) groups is 4. The molecule has 1 N–H and O–H groups in total. The zero-order chi connectivity index (χ0) is 28.4. The highest BCUT2D eigenvalue weighted by Crippen LogP contribution is 2.55. The average molecular weight is 615 g/mol. The number of fused-ring (bicyclic) bond motifs is 3. The van der Waals surface area contributed by atoms with Crippen molar-refractivity contribution in [2.75, 3.05) is 36.1 Å². The average Bonchev–Trinajstić information content (AvgIpc) is 3.25. The lowest BCUT2D eigenvalue weighted by Gasteiger charge is -2.42. The summed E-state index contributed by atoms with van der Waals surface area (Å²) in [7, 11) is 0. The molecule has 2 aromatic carbocycles. The van der Waals surface area contributed by atoms with Crippen LogP contribution in [-0.2, 0) is 23.9 Å². The van der Waals surface area contributed by atoms with Gasteiger partial charge in [0.05, 0.1) is 35.2 Å². The van der Waals surface area contributed by atoms with Gasteiger partial charge in [0.25, 0.3) is 0 Å². The number of hydrogen-bond acceptors (Lipinski definition) is 7. The number of ketones is 2. The van der Waals surface area contributed by atoms with E-state index in [-0.39, 0.29) is 40.0 Å². The van der Waals surface area contributed by atoms with E-state index in [4.69, 9.17) is 4.74 Å². The van der Waals surface area contributed by atoms with Crippen molar-refractivity contribution >= 4 is 50.7 Å². The van der Waals surface area contributed by atoms with E-state index in [2.05, 4.69) is 20.8 Å². The third kappa shape index (κ3) is 4.13. The van der Waals surface area contributed by atoms with E-state index in [9.17, 15) is 24.3 Å². The van der Waals surface area contributed by atoms with Crippen LogP contribution in [0, 0.1) is 17.8 Å². The monoisotopic (exact) mass is 614 g/mol. The largest absolute Gasteiger partial charge is 0.508 e. The highest BCUT2D eigenvalue weighted by molar-refractivity contribution is 9.12. The maximum atomic E-state index is 14.1. The van der Waals surface area contributed by atoms with E-state index in [1.807, 2.05) is 30.3 Å². The fourth-order valence-corrected chi connectivity index (χ4v) is 7.59. The van der Waals surface area contributed by atoms with Crippen LogP contribution in [-0.4, -0.2) is 54.8 Å². The molecule has 8 nitrogen and oxygen atoms in total. The first-order valence-corrected chi connectivity index (χ1v) is 14.6. The number of hydrogen-bond donors (Lipinski definition) is 1. The minimum atomic E-state index is -0.636. The number of Topliss-reactive ketones (excluding diaryl/α,β-unsaturated/α-hetero) is 1. The van der Waals surface area contributed by atoms with Crippen LogP contribution < -0.4 is 9.80 Å². The molecule has 0 radical (unpaired) electrons. The fourth-order valence-electron chi connectivity index (χ4n) is 7.14. The Labute approximate surface area is 245 Å². The lowest BCUT2D eigenvalue weighted by atomic mass is 9.59. The molecule has 0 spiro atoms. The summed E-state index contributed by atoms with van der Waals surface area (Å²) in [6.07, 6.45) is 3.90. The summed E-state index contributed by atoms with van der Waals surface area (Å²) in [5, 5.41) is 9.90. The first kappa shape index (κ1) is 26.1. The van der Waals surface area contributed by atoms with Crippen molar-refractivity contribution < 1.29 is 29.0 Å². The van der Waals surface area contributed by atoms with Crippen LogP contribution in [0.1, 0.15) is 24.3 Å². The van der Waals surface area contributed by atoms with Crippen LogP contribution in [0.5, 0.6) is 5.75 Å². The number of nitrogens with zero attached hydrogens (tertiary/aromatic N) is 2. The van der Waals surface area contributed by atoms with Gasteiger partial charge in [-0.3, -0.25) is 24.1 Å². The molecular formula is C32H27BrN2O6. The second kappa shape index (κ2) is 9.92. The molecule has 2 saturated heterocycles. The second-order valence-corrected chi connectivity index (χ2v) is 12.0. The van der Waals surface area contributed by atoms with Gasteiger partial charge < -0.3 is 14.7 Å². The Bertz CT molecular complexity index is 1580. The summed E-state index contributed by atoms with van der Waals surface area (Å²) in [4.78, 5) is 58.0. The number of anilines is 2. The summed E-state index contributed by atoms with van der Waals surface area (Å²) in [5.41, 5.74) is 3.99. The molecular weight excluding hydrogens is 588 g/mol. The van der Waals surface area contributed by atoms with Gasteiger partial charge in [-0.15, -0.1) is 0 Å². The van der Waals surface area contributed by atoms with Crippen LogP contribution in [0.3, 0.4) is 0 Å². The number of allylic oxidation sites excluding steroid dienone is 6. The number of amides is 2. The van der Waals surface area contributed by atoms with E-state index < -0.39 is 23.7 Å². The van der Waals surface area contributed by atoms with E-state index in [1.165, 1.54) is 11.0 Å². The smallest absolute Gasteiger partial charge is 0.238 e. The van der Waals surface area contributed by atoms with Gasteiger partial charge in [0.1, 0.15) is 5.75 Å².